The van der Waals surface area contributed by atoms with Crippen LogP contribution in [0.15, 0.2) is 47.5 Å². The van der Waals surface area contributed by atoms with Gasteiger partial charge in [0.05, 0.1) is 12.2 Å². The molecule has 2 aromatic rings. The average molecular weight is 419 g/mol. The lowest BCUT2D eigenvalue weighted by Crippen LogP contribution is -2.41. The third kappa shape index (κ3) is 4.80. The van der Waals surface area contributed by atoms with Crippen molar-refractivity contribution in [3.63, 3.8) is 0 Å². The maximum Gasteiger partial charge on any atom is 0.573 e. The van der Waals surface area contributed by atoms with E-state index in [0.717, 1.165) is 43.0 Å². The summed E-state index contributed by atoms with van der Waals surface area (Å²) in [6.07, 6.45) is -2.02. The number of aliphatic imine (C=N–C) groups is 1. The lowest BCUT2D eigenvalue weighted by atomic mass is 10.1. The highest BCUT2D eigenvalue weighted by Gasteiger charge is 2.31. The van der Waals surface area contributed by atoms with E-state index in [0.29, 0.717) is 12.3 Å². The highest BCUT2D eigenvalue weighted by atomic mass is 19.4. The lowest BCUT2D eigenvalue weighted by Gasteiger charge is -2.34. The van der Waals surface area contributed by atoms with Crippen LogP contribution in [0.4, 0.5) is 24.5 Å². The Morgan fingerprint density at radius 1 is 1.07 bits per heavy atom. The number of likely N-dealkylation sites (N-methyl/N-ethyl adjacent to an activating group) is 1. The molecule has 2 aliphatic rings. The molecule has 0 saturated carbocycles. The van der Waals surface area contributed by atoms with E-state index in [9.17, 15) is 13.2 Å². The van der Waals surface area contributed by atoms with E-state index in [1.165, 1.54) is 29.8 Å². The molecule has 1 fully saturated rings. The van der Waals surface area contributed by atoms with Gasteiger partial charge < -0.3 is 19.3 Å². The molecule has 1 unspecified atom stereocenters. The van der Waals surface area contributed by atoms with Gasteiger partial charge in [-0.2, -0.15) is 0 Å². The number of rotatable bonds is 4. The Kier molecular flexibility index (Phi) is 5.49. The van der Waals surface area contributed by atoms with Gasteiger partial charge in [-0.1, -0.05) is 6.07 Å². The second-order valence-electron chi connectivity index (χ2n) is 7.76. The summed E-state index contributed by atoms with van der Waals surface area (Å²) in [5.74, 6) is 1.33. The number of hydrogen-bond donors (Lipinski definition) is 0. The molecule has 160 valence electrons. The van der Waals surface area contributed by atoms with E-state index >= 15 is 0 Å². The minimum absolute atomic E-state index is 0.0396. The van der Waals surface area contributed by atoms with Crippen molar-refractivity contribution in [1.29, 1.82) is 0 Å². The lowest BCUT2D eigenvalue weighted by molar-refractivity contribution is -0.274. The van der Waals surface area contributed by atoms with Crippen molar-refractivity contribution in [1.82, 2.24) is 4.90 Å². The van der Waals surface area contributed by atoms with Crippen molar-refractivity contribution in [2.45, 2.75) is 31.7 Å². The first-order valence-corrected chi connectivity index (χ1v) is 9.92. The Hall–Kier alpha value is -2.90. The number of anilines is 1. The van der Waals surface area contributed by atoms with Crippen LogP contribution in [0.1, 0.15) is 18.4 Å². The molecule has 0 spiro atoms. The van der Waals surface area contributed by atoms with E-state index in [1.54, 1.807) is 0 Å². The van der Waals surface area contributed by atoms with E-state index in [4.69, 9.17) is 9.73 Å². The van der Waals surface area contributed by atoms with Crippen LogP contribution in [0.3, 0.4) is 0 Å². The highest BCUT2D eigenvalue weighted by molar-refractivity contribution is 5.92. The quantitative estimate of drug-likeness (QED) is 0.715. The molecule has 1 atom stereocenters. The van der Waals surface area contributed by atoms with Crippen molar-refractivity contribution in [3.05, 3.63) is 48.0 Å². The second-order valence-corrected chi connectivity index (χ2v) is 7.76. The fourth-order valence-electron chi connectivity index (χ4n) is 3.79. The summed E-state index contributed by atoms with van der Waals surface area (Å²) >= 11 is 0. The molecular weight excluding hydrogens is 395 g/mol. The normalized spacial score (nSPS) is 18.6. The van der Waals surface area contributed by atoms with Crippen molar-refractivity contribution >= 4 is 17.2 Å². The van der Waals surface area contributed by atoms with Gasteiger partial charge in [0.25, 0.3) is 0 Å². The number of nitrogens with zero attached hydrogens (tertiary/aromatic N) is 3. The number of fused-ring (bicyclic) bond motifs is 1. The van der Waals surface area contributed by atoms with Gasteiger partial charge in [0.15, 0.2) is 0 Å². The molecule has 8 heteroatoms. The minimum atomic E-state index is -4.69. The molecule has 30 heavy (non-hydrogen) atoms. The SMILES string of the molecule is CN(C)C1=Nc2cc(N3CCCC(Oc4ccc(OC(F)(F)F)cc4)C3)ccc2C1. The van der Waals surface area contributed by atoms with Gasteiger partial charge in [0.1, 0.15) is 23.4 Å². The molecule has 0 amide bonds. The van der Waals surface area contributed by atoms with Gasteiger partial charge in [-0.15, -0.1) is 13.2 Å². The number of piperidine rings is 1. The Morgan fingerprint density at radius 2 is 1.80 bits per heavy atom. The number of amidine groups is 1. The summed E-state index contributed by atoms with van der Waals surface area (Å²) in [4.78, 5) is 9.03. The van der Waals surface area contributed by atoms with Gasteiger partial charge in [0.2, 0.25) is 0 Å². The van der Waals surface area contributed by atoms with Gasteiger partial charge in [-0.05, 0) is 54.8 Å². The van der Waals surface area contributed by atoms with Crippen molar-refractivity contribution in [3.8, 4) is 11.5 Å². The molecule has 1 saturated heterocycles. The molecule has 0 aromatic heterocycles. The molecular formula is C22H24F3N3O2. The zero-order valence-corrected chi connectivity index (χ0v) is 16.9. The molecule has 2 heterocycles. The molecule has 0 aliphatic carbocycles. The molecule has 0 bridgehead atoms. The molecule has 0 N–H and O–H groups in total. The van der Waals surface area contributed by atoms with Gasteiger partial charge in [-0.3, -0.25) is 0 Å². The predicted octanol–water partition coefficient (Wildman–Crippen LogP) is 4.78. The third-order valence-corrected chi connectivity index (χ3v) is 5.29. The third-order valence-electron chi connectivity index (χ3n) is 5.29. The zero-order valence-electron chi connectivity index (χ0n) is 16.9. The fourth-order valence-corrected chi connectivity index (χ4v) is 3.79. The Morgan fingerprint density at radius 3 is 2.50 bits per heavy atom. The van der Waals surface area contributed by atoms with Crippen molar-refractivity contribution in [2.24, 2.45) is 4.99 Å². The predicted molar refractivity (Wildman–Crippen MR) is 110 cm³/mol. The smallest absolute Gasteiger partial charge is 0.489 e. The van der Waals surface area contributed by atoms with Gasteiger partial charge >= 0.3 is 6.36 Å². The topological polar surface area (TPSA) is 37.3 Å². The Labute approximate surface area is 173 Å². The zero-order chi connectivity index (χ0) is 21.3. The fraction of sp³-hybridized carbons (Fsp3) is 0.409. The van der Waals surface area contributed by atoms with E-state index in [1.807, 2.05) is 19.0 Å². The van der Waals surface area contributed by atoms with Gasteiger partial charge in [-0.25, -0.2) is 4.99 Å². The first-order valence-electron chi connectivity index (χ1n) is 9.92. The molecule has 4 rings (SSSR count). The average Bonchev–Trinajstić information content (AvgIpc) is 3.12. The van der Waals surface area contributed by atoms with E-state index < -0.39 is 6.36 Å². The largest absolute Gasteiger partial charge is 0.573 e. The van der Waals surface area contributed by atoms with Crippen LogP contribution in [0.5, 0.6) is 11.5 Å². The van der Waals surface area contributed by atoms with E-state index in [-0.39, 0.29) is 11.9 Å². The molecule has 5 nitrogen and oxygen atoms in total. The number of ether oxygens (including phenoxy) is 2. The van der Waals surface area contributed by atoms with Crippen LogP contribution in [0, 0.1) is 0 Å². The van der Waals surface area contributed by atoms with Crippen LogP contribution < -0.4 is 14.4 Å². The number of alkyl halides is 3. The first-order chi connectivity index (χ1) is 14.3. The van der Waals surface area contributed by atoms with Crippen LogP contribution in [0.2, 0.25) is 0 Å². The van der Waals surface area contributed by atoms with Crippen LogP contribution in [-0.2, 0) is 6.42 Å². The number of hydrogen-bond acceptors (Lipinski definition) is 5. The van der Waals surface area contributed by atoms with Crippen LogP contribution >= 0.6 is 0 Å². The summed E-state index contributed by atoms with van der Waals surface area (Å²) in [7, 11) is 4.00. The molecule has 2 aromatic carbocycles. The molecule has 2 aliphatic heterocycles. The Balaban J connectivity index is 1.40. The standard InChI is InChI=1S/C22H24F3N3O2/c1-27(2)21-12-15-5-6-16(13-20(15)26-21)28-11-3-4-19(14-28)29-17-7-9-18(10-8-17)30-22(23,24)25/h5-10,13,19H,3-4,11-12,14H2,1-2H3. The first kappa shape index (κ1) is 20.4. The monoisotopic (exact) mass is 419 g/mol. The Bertz CT molecular complexity index is 926. The van der Waals surface area contributed by atoms with Crippen LogP contribution in [0.25, 0.3) is 0 Å². The van der Waals surface area contributed by atoms with E-state index in [2.05, 4.69) is 27.8 Å². The molecule has 0 radical (unpaired) electrons. The summed E-state index contributed by atoms with van der Waals surface area (Å²) in [5.41, 5.74) is 3.35. The summed E-state index contributed by atoms with van der Waals surface area (Å²) in [5, 5.41) is 0. The summed E-state index contributed by atoms with van der Waals surface area (Å²) < 4.78 is 46.8. The number of benzene rings is 2. The van der Waals surface area contributed by atoms with Crippen LogP contribution in [-0.4, -0.2) is 50.4 Å². The summed E-state index contributed by atoms with van der Waals surface area (Å²) in [6, 6.07) is 11.9. The maximum absolute atomic E-state index is 12.3. The minimum Gasteiger partial charge on any atom is -0.489 e. The maximum atomic E-state index is 12.3. The van der Waals surface area contributed by atoms with Crippen molar-refractivity contribution < 1.29 is 22.6 Å². The second kappa shape index (κ2) is 8.08. The summed E-state index contributed by atoms with van der Waals surface area (Å²) in [6.45, 7) is 1.64. The van der Waals surface area contributed by atoms with Gasteiger partial charge in [0, 0.05) is 32.7 Å². The highest BCUT2D eigenvalue weighted by Crippen LogP contribution is 2.33. The van der Waals surface area contributed by atoms with Crippen molar-refractivity contribution in [2.75, 3.05) is 32.1 Å². The number of halogens is 3.